The van der Waals surface area contributed by atoms with Crippen molar-refractivity contribution in [1.82, 2.24) is 4.98 Å². The molecule has 0 saturated heterocycles. The van der Waals surface area contributed by atoms with Gasteiger partial charge in [0.05, 0.1) is 11.9 Å². The van der Waals surface area contributed by atoms with Crippen LogP contribution in [0.25, 0.3) is 33.9 Å². The van der Waals surface area contributed by atoms with E-state index in [1.54, 1.807) is 6.21 Å². The van der Waals surface area contributed by atoms with Crippen LogP contribution in [0.15, 0.2) is 97.2 Å². The van der Waals surface area contributed by atoms with Crippen LogP contribution in [0.5, 0.6) is 0 Å². The summed E-state index contributed by atoms with van der Waals surface area (Å²) in [5.41, 5.74) is 4.12. The molecule has 0 amide bonds. The van der Waals surface area contributed by atoms with Crippen molar-refractivity contribution in [3.63, 3.8) is 0 Å². The number of benzene rings is 3. The molecule has 0 spiro atoms. The molecule has 5 rings (SSSR count). The molecule has 2 aromatic heterocycles. The lowest BCUT2D eigenvalue weighted by Crippen LogP contribution is -1.77. The Bertz CT molecular complexity index is 1350. The van der Waals surface area contributed by atoms with Gasteiger partial charge in [0, 0.05) is 20.6 Å². The highest BCUT2D eigenvalue weighted by molar-refractivity contribution is 9.10. The van der Waals surface area contributed by atoms with E-state index in [9.17, 15) is 0 Å². The normalized spacial score (nSPS) is 11.5. The maximum absolute atomic E-state index is 5.94. The number of fused-ring (bicyclic) bond motifs is 1. The van der Waals surface area contributed by atoms with Crippen molar-refractivity contribution in [1.29, 1.82) is 0 Å². The van der Waals surface area contributed by atoms with Crippen molar-refractivity contribution in [3.8, 4) is 22.8 Å². The van der Waals surface area contributed by atoms with E-state index in [0.29, 0.717) is 16.7 Å². The van der Waals surface area contributed by atoms with Crippen LogP contribution < -0.4 is 0 Å². The van der Waals surface area contributed by atoms with Crippen LogP contribution in [0.2, 0.25) is 5.02 Å². The third-order valence-corrected chi connectivity index (χ3v) is 5.34. The van der Waals surface area contributed by atoms with E-state index in [1.165, 1.54) is 0 Å². The lowest BCUT2D eigenvalue weighted by atomic mass is 10.2. The SMILES string of the molecule is Clc1ccc(-c2ccc(C=Nc3ccc4oc(-c5ccc(Br)cc5)nc4c3)o2)cc1. The molecule has 0 aliphatic heterocycles. The van der Waals surface area contributed by atoms with Gasteiger partial charge in [-0.3, -0.25) is 4.99 Å². The number of hydrogen-bond acceptors (Lipinski definition) is 4. The summed E-state index contributed by atoms with van der Waals surface area (Å²) in [6.07, 6.45) is 1.69. The second kappa shape index (κ2) is 7.94. The van der Waals surface area contributed by atoms with Gasteiger partial charge in [0.1, 0.15) is 17.0 Å². The minimum Gasteiger partial charge on any atom is -0.455 e. The molecule has 0 atom stereocenters. The third kappa shape index (κ3) is 3.95. The monoisotopic (exact) mass is 476 g/mol. The summed E-state index contributed by atoms with van der Waals surface area (Å²) in [4.78, 5) is 9.10. The molecule has 0 unspecified atom stereocenters. The largest absolute Gasteiger partial charge is 0.455 e. The van der Waals surface area contributed by atoms with E-state index in [-0.39, 0.29) is 0 Å². The maximum Gasteiger partial charge on any atom is 0.227 e. The number of nitrogens with zero attached hydrogens (tertiary/aromatic N) is 2. The van der Waals surface area contributed by atoms with Gasteiger partial charge < -0.3 is 8.83 Å². The fourth-order valence-electron chi connectivity index (χ4n) is 3.04. The van der Waals surface area contributed by atoms with Crippen LogP contribution in [0, 0.1) is 0 Å². The predicted octanol–water partition coefficient (Wildman–Crippen LogP) is 7.92. The number of aliphatic imine (C=N–C) groups is 1. The Labute approximate surface area is 186 Å². The number of furan rings is 1. The van der Waals surface area contributed by atoms with Crippen LogP contribution >= 0.6 is 27.5 Å². The molecule has 0 saturated carbocycles. The van der Waals surface area contributed by atoms with Crippen LogP contribution in [-0.4, -0.2) is 11.2 Å². The highest BCUT2D eigenvalue weighted by Gasteiger charge is 2.09. The second-order valence-electron chi connectivity index (χ2n) is 6.65. The summed E-state index contributed by atoms with van der Waals surface area (Å²) in [6, 6.07) is 24.8. The highest BCUT2D eigenvalue weighted by atomic mass is 79.9. The first kappa shape index (κ1) is 18.9. The molecule has 4 nitrogen and oxygen atoms in total. The minimum absolute atomic E-state index is 0.581. The first-order valence-corrected chi connectivity index (χ1v) is 10.4. The Kier molecular flexibility index (Phi) is 4.99. The Morgan fingerprint density at radius 3 is 2.40 bits per heavy atom. The summed E-state index contributed by atoms with van der Waals surface area (Å²) in [5, 5.41) is 0.693. The van der Waals surface area contributed by atoms with Gasteiger partial charge in [0.2, 0.25) is 5.89 Å². The zero-order valence-electron chi connectivity index (χ0n) is 15.5. The predicted molar refractivity (Wildman–Crippen MR) is 124 cm³/mol. The van der Waals surface area contributed by atoms with E-state index in [2.05, 4.69) is 25.9 Å². The number of aromatic nitrogens is 1. The molecule has 0 radical (unpaired) electrons. The Morgan fingerprint density at radius 1 is 0.833 bits per heavy atom. The molecule has 0 fully saturated rings. The average Bonchev–Trinajstić information content (AvgIpc) is 3.40. The second-order valence-corrected chi connectivity index (χ2v) is 8.00. The lowest BCUT2D eigenvalue weighted by Gasteiger charge is -1.96. The van der Waals surface area contributed by atoms with Gasteiger partial charge >= 0.3 is 0 Å². The molecule has 3 aromatic carbocycles. The fourth-order valence-corrected chi connectivity index (χ4v) is 3.43. The molecular formula is C24H14BrClN2O2. The van der Waals surface area contributed by atoms with Crippen LogP contribution in [0.1, 0.15) is 5.76 Å². The van der Waals surface area contributed by atoms with Crippen molar-refractivity contribution in [2.45, 2.75) is 0 Å². The van der Waals surface area contributed by atoms with Gasteiger partial charge in [-0.25, -0.2) is 4.98 Å². The average molecular weight is 478 g/mol. The standard InChI is InChI=1S/C24H14BrClN2O2/c25-17-5-1-16(2-6-17)24-28-21-13-19(9-11-23(21)30-24)27-14-20-10-12-22(29-20)15-3-7-18(26)8-4-15/h1-14H. The Balaban J connectivity index is 1.38. The molecule has 146 valence electrons. The van der Waals surface area contributed by atoms with Crippen molar-refractivity contribution in [2.75, 3.05) is 0 Å². The fraction of sp³-hybridized carbons (Fsp3) is 0. The van der Waals surface area contributed by atoms with Crippen LogP contribution in [0.3, 0.4) is 0 Å². The number of halogens is 2. The Hall–Kier alpha value is -3.15. The van der Waals surface area contributed by atoms with Gasteiger partial charge in [-0.15, -0.1) is 0 Å². The molecule has 0 N–H and O–H groups in total. The van der Waals surface area contributed by atoms with Crippen LogP contribution in [0.4, 0.5) is 5.69 Å². The molecule has 6 heteroatoms. The Morgan fingerprint density at radius 2 is 1.60 bits per heavy atom. The number of rotatable bonds is 4. The summed E-state index contributed by atoms with van der Waals surface area (Å²) in [7, 11) is 0. The zero-order chi connectivity index (χ0) is 20.5. The summed E-state index contributed by atoms with van der Waals surface area (Å²) < 4.78 is 12.7. The van der Waals surface area contributed by atoms with E-state index < -0.39 is 0 Å². The van der Waals surface area contributed by atoms with Crippen LogP contribution in [-0.2, 0) is 0 Å². The van der Waals surface area contributed by atoms with Gasteiger partial charge in [-0.05, 0) is 78.9 Å². The van der Waals surface area contributed by atoms with E-state index in [1.807, 2.05) is 78.9 Å². The number of hydrogen-bond donors (Lipinski definition) is 0. The van der Waals surface area contributed by atoms with Crippen molar-refractivity contribution >= 4 is 50.5 Å². The summed E-state index contributed by atoms with van der Waals surface area (Å²) in [6.45, 7) is 0. The third-order valence-electron chi connectivity index (χ3n) is 4.56. The van der Waals surface area contributed by atoms with Crippen molar-refractivity contribution < 1.29 is 8.83 Å². The van der Waals surface area contributed by atoms with Gasteiger partial charge in [-0.2, -0.15) is 0 Å². The smallest absolute Gasteiger partial charge is 0.227 e. The first-order valence-electron chi connectivity index (χ1n) is 9.20. The molecule has 0 aliphatic carbocycles. The first-order chi connectivity index (χ1) is 14.6. The topological polar surface area (TPSA) is 51.5 Å². The van der Waals surface area contributed by atoms with Crippen molar-refractivity contribution in [3.05, 3.63) is 94.1 Å². The van der Waals surface area contributed by atoms with E-state index in [0.717, 1.165) is 38.1 Å². The van der Waals surface area contributed by atoms with Gasteiger partial charge in [0.25, 0.3) is 0 Å². The molecule has 30 heavy (non-hydrogen) atoms. The summed E-state index contributed by atoms with van der Waals surface area (Å²) in [5.74, 6) is 2.01. The van der Waals surface area contributed by atoms with E-state index in [4.69, 9.17) is 20.4 Å². The molecule has 2 heterocycles. The quantitative estimate of drug-likeness (QED) is 0.247. The van der Waals surface area contributed by atoms with Gasteiger partial charge in [-0.1, -0.05) is 27.5 Å². The zero-order valence-corrected chi connectivity index (χ0v) is 17.9. The van der Waals surface area contributed by atoms with Crippen molar-refractivity contribution in [2.24, 2.45) is 4.99 Å². The maximum atomic E-state index is 5.94. The number of oxazole rings is 1. The summed E-state index contributed by atoms with van der Waals surface area (Å²) >= 11 is 9.38. The lowest BCUT2D eigenvalue weighted by molar-refractivity contribution is 0.575. The minimum atomic E-state index is 0.581. The molecule has 0 aliphatic rings. The van der Waals surface area contributed by atoms with Gasteiger partial charge in [0.15, 0.2) is 5.58 Å². The molecule has 5 aromatic rings. The molecular weight excluding hydrogens is 464 g/mol. The van der Waals surface area contributed by atoms with E-state index >= 15 is 0 Å². The highest BCUT2D eigenvalue weighted by Crippen LogP contribution is 2.28. The molecule has 0 bridgehead atoms.